The second-order valence-electron chi connectivity index (χ2n) is 9.46. The molecule has 3 aromatic rings. The van der Waals surface area contributed by atoms with E-state index in [1.54, 1.807) is 57.5 Å². The van der Waals surface area contributed by atoms with E-state index in [-0.39, 0.29) is 36.8 Å². The second kappa shape index (κ2) is 13.1. The van der Waals surface area contributed by atoms with Crippen molar-refractivity contribution in [2.75, 3.05) is 13.2 Å². The van der Waals surface area contributed by atoms with Crippen LogP contribution in [0.25, 0.3) is 0 Å². The summed E-state index contributed by atoms with van der Waals surface area (Å²) in [5, 5.41) is 2.60. The predicted octanol–water partition coefficient (Wildman–Crippen LogP) is 6.62. The third kappa shape index (κ3) is 7.79. The molecule has 1 aliphatic carbocycles. The number of thiophene rings is 1. The molecule has 2 amide bonds. The third-order valence-electron chi connectivity index (χ3n) is 6.76. The number of carbonyl (C=O) groups excluding carboxylic acids is 2. The van der Waals surface area contributed by atoms with Crippen molar-refractivity contribution in [1.82, 2.24) is 9.80 Å². The minimum atomic E-state index is -0.314. The van der Waals surface area contributed by atoms with Crippen LogP contribution in [0.3, 0.4) is 0 Å². The lowest BCUT2D eigenvalue weighted by Gasteiger charge is -2.35. The number of rotatable bonds is 10. The Morgan fingerprint density at radius 1 is 0.973 bits per heavy atom. The maximum absolute atomic E-state index is 13.7. The molecule has 1 saturated carbocycles. The van der Waals surface area contributed by atoms with Gasteiger partial charge < -0.3 is 14.5 Å². The van der Waals surface area contributed by atoms with E-state index >= 15 is 0 Å². The number of aryl methyl sites for hydroxylation is 1. The van der Waals surface area contributed by atoms with Crippen molar-refractivity contribution in [3.05, 3.63) is 86.8 Å². The lowest BCUT2D eigenvalue weighted by atomic mass is 9.94. The molecule has 0 bridgehead atoms. The monoisotopic (exact) mass is 542 g/mol. The molecule has 2 aromatic carbocycles. The summed E-state index contributed by atoms with van der Waals surface area (Å²) in [6, 6.07) is 15.1. The van der Waals surface area contributed by atoms with Gasteiger partial charge in [0.1, 0.15) is 18.1 Å². The molecule has 0 saturated heterocycles. The van der Waals surface area contributed by atoms with Crippen LogP contribution >= 0.6 is 22.9 Å². The van der Waals surface area contributed by atoms with E-state index in [4.69, 9.17) is 16.3 Å². The molecule has 5 nitrogen and oxygen atoms in total. The number of ether oxygens (including phenoxy) is 1. The molecule has 0 unspecified atom stereocenters. The molecule has 8 heteroatoms. The molecule has 0 spiro atoms. The molecule has 4 rings (SSSR count). The van der Waals surface area contributed by atoms with Crippen molar-refractivity contribution in [3.63, 3.8) is 0 Å². The highest BCUT2D eigenvalue weighted by Gasteiger charge is 2.29. The highest BCUT2D eigenvalue weighted by Crippen LogP contribution is 2.25. The zero-order valence-electron chi connectivity index (χ0n) is 21.0. The first kappa shape index (κ1) is 27.1. The van der Waals surface area contributed by atoms with Crippen molar-refractivity contribution >= 4 is 34.8 Å². The summed E-state index contributed by atoms with van der Waals surface area (Å²) in [5.41, 5.74) is 1.96. The normalized spacial score (nSPS) is 13.8. The summed E-state index contributed by atoms with van der Waals surface area (Å²) in [4.78, 5) is 31.7. The highest BCUT2D eigenvalue weighted by molar-refractivity contribution is 7.10. The summed E-state index contributed by atoms with van der Waals surface area (Å²) in [7, 11) is 0. The van der Waals surface area contributed by atoms with E-state index in [1.807, 2.05) is 18.4 Å². The minimum absolute atomic E-state index is 0.00941. The first-order valence-electron chi connectivity index (χ1n) is 12.6. The van der Waals surface area contributed by atoms with Crippen molar-refractivity contribution in [3.8, 4) is 5.75 Å². The summed E-state index contributed by atoms with van der Waals surface area (Å²) >= 11 is 7.55. The van der Waals surface area contributed by atoms with E-state index in [0.717, 1.165) is 48.1 Å². The Kier molecular flexibility index (Phi) is 9.58. The van der Waals surface area contributed by atoms with E-state index < -0.39 is 0 Å². The van der Waals surface area contributed by atoms with Gasteiger partial charge >= 0.3 is 0 Å². The highest BCUT2D eigenvalue weighted by atomic mass is 35.5. The lowest BCUT2D eigenvalue weighted by molar-refractivity contribution is -0.145. The number of hydrogen-bond acceptors (Lipinski definition) is 4. The molecular weight excluding hydrogens is 511 g/mol. The van der Waals surface area contributed by atoms with Crippen molar-refractivity contribution in [1.29, 1.82) is 0 Å². The van der Waals surface area contributed by atoms with Gasteiger partial charge in [-0.3, -0.25) is 9.59 Å². The molecule has 0 N–H and O–H groups in total. The van der Waals surface area contributed by atoms with Crippen LogP contribution in [0.4, 0.5) is 4.39 Å². The van der Waals surface area contributed by atoms with Gasteiger partial charge in [0.2, 0.25) is 5.91 Å². The molecule has 0 atom stereocenters. The Bertz CT molecular complexity index is 1180. The molecule has 37 heavy (non-hydrogen) atoms. The molecule has 196 valence electrons. The third-order valence-corrected chi connectivity index (χ3v) is 8.02. The molecule has 0 radical (unpaired) electrons. The largest absolute Gasteiger partial charge is 0.484 e. The van der Waals surface area contributed by atoms with Gasteiger partial charge in [0, 0.05) is 22.5 Å². The lowest BCUT2D eigenvalue weighted by Crippen LogP contribution is -2.49. The fourth-order valence-electron chi connectivity index (χ4n) is 4.60. The zero-order chi connectivity index (χ0) is 26.2. The zero-order valence-corrected chi connectivity index (χ0v) is 22.6. The number of amides is 2. The number of hydrogen-bond donors (Lipinski definition) is 0. The SMILES string of the molecule is Cc1ccsc1CN(Cc1ccc(F)cc1)C(=O)CN(C(=O)COc1ccc(Cl)cc1)C1CCCCC1. The number of carbonyl (C=O) groups is 2. The van der Waals surface area contributed by atoms with Gasteiger partial charge in [-0.15, -0.1) is 11.3 Å². The first-order valence-corrected chi connectivity index (χ1v) is 13.9. The summed E-state index contributed by atoms with van der Waals surface area (Å²) in [6.45, 7) is 2.64. The Balaban J connectivity index is 1.50. The average Bonchev–Trinajstić information content (AvgIpc) is 3.32. The fraction of sp³-hybridized carbons (Fsp3) is 0.379. The molecule has 1 fully saturated rings. The Hall–Kier alpha value is -2.90. The Labute approximate surface area is 226 Å². The topological polar surface area (TPSA) is 49.9 Å². The summed E-state index contributed by atoms with van der Waals surface area (Å²) < 4.78 is 19.2. The van der Waals surface area contributed by atoms with Gasteiger partial charge in [-0.2, -0.15) is 0 Å². The quantitative estimate of drug-likeness (QED) is 0.289. The minimum Gasteiger partial charge on any atom is -0.484 e. The molecule has 1 aromatic heterocycles. The van der Waals surface area contributed by atoms with Crippen LogP contribution in [-0.4, -0.2) is 40.8 Å². The van der Waals surface area contributed by atoms with Gasteiger partial charge in [-0.1, -0.05) is 43.0 Å². The van der Waals surface area contributed by atoms with Crippen molar-refractivity contribution < 1.29 is 18.7 Å². The number of halogens is 2. The smallest absolute Gasteiger partial charge is 0.261 e. The first-order chi connectivity index (χ1) is 17.9. The standard InChI is InChI=1S/C29H32ClFN2O3S/c1-21-15-16-37-27(21)18-32(17-22-7-11-24(31)12-8-22)28(34)19-33(25-5-3-2-4-6-25)29(35)20-36-26-13-9-23(30)10-14-26/h7-16,25H,2-6,17-20H2,1H3. The Morgan fingerprint density at radius 3 is 2.32 bits per heavy atom. The van der Waals surface area contributed by atoms with E-state index in [2.05, 4.69) is 0 Å². The van der Waals surface area contributed by atoms with E-state index in [9.17, 15) is 14.0 Å². The summed E-state index contributed by atoms with van der Waals surface area (Å²) in [5.74, 6) is -0.101. The van der Waals surface area contributed by atoms with E-state index in [0.29, 0.717) is 23.9 Å². The van der Waals surface area contributed by atoms with Crippen molar-refractivity contribution in [2.45, 2.75) is 58.2 Å². The second-order valence-corrected chi connectivity index (χ2v) is 10.9. The van der Waals surface area contributed by atoms with Crippen LogP contribution in [0.5, 0.6) is 5.75 Å². The maximum atomic E-state index is 13.7. The summed E-state index contributed by atoms with van der Waals surface area (Å²) in [6.07, 6.45) is 4.97. The van der Waals surface area contributed by atoms with Crippen LogP contribution in [0.1, 0.15) is 48.1 Å². The van der Waals surface area contributed by atoms with Crippen LogP contribution in [0.15, 0.2) is 60.0 Å². The number of nitrogens with zero attached hydrogens (tertiary/aromatic N) is 2. The van der Waals surface area contributed by atoms with Crippen molar-refractivity contribution in [2.24, 2.45) is 0 Å². The van der Waals surface area contributed by atoms with Gasteiger partial charge in [0.05, 0.1) is 6.54 Å². The van der Waals surface area contributed by atoms with Crippen LogP contribution < -0.4 is 4.74 Å². The number of benzene rings is 2. The molecule has 0 aliphatic heterocycles. The van der Waals surface area contributed by atoms with E-state index in [1.165, 1.54) is 12.1 Å². The predicted molar refractivity (Wildman–Crippen MR) is 145 cm³/mol. The van der Waals surface area contributed by atoms with Crippen LogP contribution in [0, 0.1) is 12.7 Å². The van der Waals surface area contributed by atoms with Gasteiger partial charge in [-0.25, -0.2) is 4.39 Å². The Morgan fingerprint density at radius 2 is 1.68 bits per heavy atom. The molecule has 1 aliphatic rings. The van der Waals surface area contributed by atoms with Gasteiger partial charge in [0.25, 0.3) is 5.91 Å². The molecule has 1 heterocycles. The maximum Gasteiger partial charge on any atom is 0.261 e. The van der Waals surface area contributed by atoms with Crippen LogP contribution in [-0.2, 0) is 22.7 Å². The average molecular weight is 543 g/mol. The van der Waals surface area contributed by atoms with Gasteiger partial charge in [-0.05, 0) is 78.7 Å². The van der Waals surface area contributed by atoms with Crippen LogP contribution in [0.2, 0.25) is 5.02 Å². The molecular formula is C29H32ClFN2O3S. The fourth-order valence-corrected chi connectivity index (χ4v) is 5.65. The van der Waals surface area contributed by atoms with Gasteiger partial charge in [0.15, 0.2) is 6.61 Å².